The molecule has 3 atom stereocenters. The first-order valence-electron chi connectivity index (χ1n) is 7.13. The largest absolute Gasteiger partial charge is 0.305 e. The van der Waals surface area contributed by atoms with Gasteiger partial charge in [-0.25, -0.2) is 5.01 Å². The molecular formula is C13H23N3O. The monoisotopic (exact) mass is 237 g/mol. The standard InChI is InChI=1S/C13H23N3O/c17-13(15-16-7-2-1-3-8-16)12-11-6-4-5-10(11)9-14-12/h10-12,14H,1-9H2,(H,15,17). The third-order valence-electron chi connectivity index (χ3n) is 4.65. The number of hydrogen-bond donors (Lipinski definition) is 2. The number of amides is 1. The minimum absolute atomic E-state index is 0.0735. The molecule has 3 aliphatic rings. The van der Waals surface area contributed by atoms with Crippen LogP contribution in [0.25, 0.3) is 0 Å². The molecule has 0 aromatic carbocycles. The van der Waals surface area contributed by atoms with Crippen LogP contribution in [0.1, 0.15) is 38.5 Å². The van der Waals surface area contributed by atoms with Crippen LogP contribution in [0, 0.1) is 11.8 Å². The van der Waals surface area contributed by atoms with E-state index in [1.807, 2.05) is 0 Å². The molecule has 4 nitrogen and oxygen atoms in total. The maximum Gasteiger partial charge on any atom is 0.251 e. The first kappa shape index (κ1) is 11.5. The maximum absolute atomic E-state index is 12.2. The highest BCUT2D eigenvalue weighted by molar-refractivity contribution is 5.82. The minimum Gasteiger partial charge on any atom is -0.305 e. The van der Waals surface area contributed by atoms with E-state index in [-0.39, 0.29) is 11.9 Å². The molecule has 2 aliphatic heterocycles. The molecule has 0 aromatic heterocycles. The molecule has 3 unspecified atom stereocenters. The van der Waals surface area contributed by atoms with Crippen molar-refractivity contribution < 1.29 is 4.79 Å². The summed E-state index contributed by atoms with van der Waals surface area (Å²) >= 11 is 0. The van der Waals surface area contributed by atoms with E-state index in [1.165, 1.54) is 38.5 Å². The summed E-state index contributed by atoms with van der Waals surface area (Å²) in [5.74, 6) is 1.56. The Hall–Kier alpha value is -0.610. The van der Waals surface area contributed by atoms with E-state index in [0.29, 0.717) is 5.92 Å². The van der Waals surface area contributed by atoms with Crippen LogP contribution >= 0.6 is 0 Å². The molecule has 2 N–H and O–H groups in total. The molecule has 17 heavy (non-hydrogen) atoms. The van der Waals surface area contributed by atoms with Gasteiger partial charge >= 0.3 is 0 Å². The van der Waals surface area contributed by atoms with Crippen molar-refractivity contribution in [1.29, 1.82) is 0 Å². The van der Waals surface area contributed by atoms with E-state index in [0.717, 1.165) is 25.6 Å². The van der Waals surface area contributed by atoms with E-state index >= 15 is 0 Å². The lowest BCUT2D eigenvalue weighted by molar-refractivity contribution is -0.129. The lowest BCUT2D eigenvalue weighted by Crippen LogP contribution is -2.52. The number of carbonyl (C=O) groups is 1. The smallest absolute Gasteiger partial charge is 0.251 e. The van der Waals surface area contributed by atoms with E-state index in [9.17, 15) is 4.79 Å². The van der Waals surface area contributed by atoms with E-state index < -0.39 is 0 Å². The van der Waals surface area contributed by atoms with Gasteiger partial charge in [0.2, 0.25) is 0 Å². The molecular weight excluding hydrogens is 214 g/mol. The zero-order valence-electron chi connectivity index (χ0n) is 10.5. The van der Waals surface area contributed by atoms with Crippen molar-refractivity contribution in [3.05, 3.63) is 0 Å². The van der Waals surface area contributed by atoms with Crippen molar-refractivity contribution in [3.8, 4) is 0 Å². The molecule has 1 amide bonds. The first-order valence-corrected chi connectivity index (χ1v) is 7.13. The number of nitrogens with zero attached hydrogens (tertiary/aromatic N) is 1. The third-order valence-corrected chi connectivity index (χ3v) is 4.65. The van der Waals surface area contributed by atoms with Gasteiger partial charge < -0.3 is 5.32 Å². The summed E-state index contributed by atoms with van der Waals surface area (Å²) in [6.45, 7) is 3.09. The van der Waals surface area contributed by atoms with Gasteiger partial charge in [-0.3, -0.25) is 10.2 Å². The minimum atomic E-state index is 0.0735. The fourth-order valence-corrected chi connectivity index (χ4v) is 3.71. The lowest BCUT2D eigenvalue weighted by Gasteiger charge is -2.29. The van der Waals surface area contributed by atoms with Gasteiger partial charge in [-0.1, -0.05) is 12.8 Å². The van der Waals surface area contributed by atoms with E-state index in [1.54, 1.807) is 0 Å². The number of nitrogens with one attached hydrogen (secondary N) is 2. The Kier molecular flexibility index (Phi) is 3.34. The highest BCUT2D eigenvalue weighted by Crippen LogP contribution is 2.37. The molecule has 0 aromatic rings. The van der Waals surface area contributed by atoms with E-state index in [4.69, 9.17) is 0 Å². The highest BCUT2D eigenvalue weighted by Gasteiger charge is 2.42. The summed E-state index contributed by atoms with van der Waals surface area (Å²) < 4.78 is 0. The molecule has 0 radical (unpaired) electrons. The Bertz CT molecular complexity index is 288. The van der Waals surface area contributed by atoms with Gasteiger partial charge in [-0.2, -0.15) is 0 Å². The molecule has 0 bridgehead atoms. The van der Waals surface area contributed by atoms with Crippen LogP contribution in [-0.4, -0.2) is 36.6 Å². The Morgan fingerprint density at radius 3 is 2.76 bits per heavy atom. The van der Waals surface area contributed by atoms with Crippen LogP contribution in [0.2, 0.25) is 0 Å². The molecule has 1 saturated carbocycles. The second-order valence-corrected chi connectivity index (χ2v) is 5.76. The molecule has 2 heterocycles. The van der Waals surface area contributed by atoms with Crippen LogP contribution in [0.3, 0.4) is 0 Å². The van der Waals surface area contributed by atoms with Gasteiger partial charge in [-0.05, 0) is 44.1 Å². The Labute approximate surface area is 103 Å². The molecule has 3 rings (SSSR count). The predicted octanol–water partition coefficient (Wildman–Crippen LogP) is 0.892. The number of fused-ring (bicyclic) bond motifs is 1. The third kappa shape index (κ3) is 2.33. The van der Waals surface area contributed by atoms with E-state index in [2.05, 4.69) is 15.8 Å². The summed E-state index contributed by atoms with van der Waals surface area (Å²) in [6, 6.07) is 0.0735. The number of carbonyl (C=O) groups excluding carboxylic acids is 1. The van der Waals surface area contributed by atoms with Gasteiger partial charge in [0.05, 0.1) is 6.04 Å². The Morgan fingerprint density at radius 1 is 1.12 bits per heavy atom. The predicted molar refractivity (Wildman–Crippen MR) is 66.2 cm³/mol. The van der Waals surface area contributed by atoms with Crippen LogP contribution < -0.4 is 10.7 Å². The van der Waals surface area contributed by atoms with Crippen molar-refractivity contribution in [2.75, 3.05) is 19.6 Å². The van der Waals surface area contributed by atoms with Crippen molar-refractivity contribution in [2.24, 2.45) is 11.8 Å². The second-order valence-electron chi connectivity index (χ2n) is 5.76. The number of piperidine rings is 1. The normalized spacial score (nSPS) is 38.0. The molecule has 0 spiro atoms. The quantitative estimate of drug-likeness (QED) is 0.750. The molecule has 2 saturated heterocycles. The van der Waals surface area contributed by atoms with Crippen molar-refractivity contribution >= 4 is 5.91 Å². The SMILES string of the molecule is O=C(NN1CCCCC1)C1NCC2CCCC21. The second kappa shape index (κ2) is 4.94. The van der Waals surface area contributed by atoms with Gasteiger partial charge in [0.1, 0.15) is 0 Å². The number of hydrazine groups is 1. The van der Waals surface area contributed by atoms with Crippen molar-refractivity contribution in [1.82, 2.24) is 15.8 Å². The van der Waals surface area contributed by atoms with Crippen LogP contribution in [0.5, 0.6) is 0 Å². The van der Waals surface area contributed by atoms with Crippen LogP contribution in [0.4, 0.5) is 0 Å². The fraction of sp³-hybridized carbons (Fsp3) is 0.923. The molecule has 3 fully saturated rings. The Balaban J connectivity index is 1.55. The highest BCUT2D eigenvalue weighted by atomic mass is 16.2. The molecule has 96 valence electrons. The summed E-state index contributed by atoms with van der Waals surface area (Å²) in [7, 11) is 0. The Morgan fingerprint density at radius 2 is 1.94 bits per heavy atom. The number of rotatable bonds is 2. The average molecular weight is 237 g/mol. The summed E-state index contributed by atoms with van der Waals surface area (Å²) in [6.07, 6.45) is 7.58. The fourth-order valence-electron chi connectivity index (χ4n) is 3.71. The molecule has 4 heteroatoms. The maximum atomic E-state index is 12.2. The zero-order valence-corrected chi connectivity index (χ0v) is 10.5. The topological polar surface area (TPSA) is 44.4 Å². The first-order chi connectivity index (χ1) is 8.34. The van der Waals surface area contributed by atoms with Gasteiger partial charge in [0.25, 0.3) is 5.91 Å². The summed E-state index contributed by atoms with van der Waals surface area (Å²) in [5, 5.41) is 5.52. The summed E-state index contributed by atoms with van der Waals surface area (Å²) in [5.41, 5.74) is 3.11. The van der Waals surface area contributed by atoms with Gasteiger partial charge in [-0.15, -0.1) is 0 Å². The number of hydrogen-bond acceptors (Lipinski definition) is 3. The molecule has 1 aliphatic carbocycles. The summed E-state index contributed by atoms with van der Waals surface area (Å²) in [4.78, 5) is 12.2. The average Bonchev–Trinajstić information content (AvgIpc) is 2.91. The van der Waals surface area contributed by atoms with Crippen molar-refractivity contribution in [2.45, 2.75) is 44.6 Å². The van der Waals surface area contributed by atoms with Gasteiger partial charge in [0.15, 0.2) is 0 Å². The van der Waals surface area contributed by atoms with Gasteiger partial charge in [0, 0.05) is 13.1 Å². The lowest BCUT2D eigenvalue weighted by atomic mass is 9.94. The van der Waals surface area contributed by atoms with Crippen LogP contribution in [0.15, 0.2) is 0 Å². The van der Waals surface area contributed by atoms with Crippen molar-refractivity contribution in [3.63, 3.8) is 0 Å². The van der Waals surface area contributed by atoms with Crippen LogP contribution in [-0.2, 0) is 4.79 Å². The zero-order chi connectivity index (χ0) is 11.7.